The minimum absolute atomic E-state index is 0.273. The average molecular weight is 256 g/mol. The maximum absolute atomic E-state index is 5.50. The van der Waals surface area contributed by atoms with Gasteiger partial charge in [-0.3, -0.25) is 5.84 Å². The molecule has 18 heavy (non-hydrogen) atoms. The van der Waals surface area contributed by atoms with Crippen molar-refractivity contribution in [3.05, 3.63) is 11.9 Å². The highest BCUT2D eigenvalue weighted by molar-refractivity contribution is 5.25. The van der Waals surface area contributed by atoms with Crippen molar-refractivity contribution in [3.8, 4) is 11.8 Å². The number of nitrogens with one attached hydrogen (secondary N) is 1. The van der Waals surface area contributed by atoms with Crippen molar-refractivity contribution in [2.75, 3.05) is 27.4 Å². The van der Waals surface area contributed by atoms with E-state index in [1.165, 1.54) is 20.4 Å². The van der Waals surface area contributed by atoms with Gasteiger partial charge in [0.05, 0.1) is 33.1 Å². The Bertz CT molecular complexity index is 362. The van der Waals surface area contributed by atoms with Crippen molar-refractivity contribution in [2.24, 2.45) is 5.84 Å². The highest BCUT2D eigenvalue weighted by atomic mass is 16.5. The minimum Gasteiger partial charge on any atom is -0.480 e. The maximum atomic E-state index is 5.50. The Labute approximate surface area is 107 Å². The number of nitrogens with two attached hydrogens (primary N) is 1. The van der Waals surface area contributed by atoms with E-state index in [4.69, 9.17) is 20.1 Å². The first-order chi connectivity index (χ1) is 8.76. The number of ether oxygens (including phenoxy) is 3. The maximum Gasteiger partial charge on any atom is 0.240 e. The third-order valence-electron chi connectivity index (χ3n) is 2.31. The number of rotatable bonds is 8. The second kappa shape index (κ2) is 7.80. The molecule has 0 amide bonds. The minimum atomic E-state index is -0.273. The fourth-order valence-electron chi connectivity index (χ4n) is 1.41. The predicted molar refractivity (Wildman–Crippen MR) is 66.3 cm³/mol. The molecule has 7 nitrogen and oxygen atoms in total. The molecule has 0 saturated carbocycles. The van der Waals surface area contributed by atoms with Crippen LogP contribution in [0.5, 0.6) is 11.8 Å². The molecule has 0 aliphatic carbocycles. The van der Waals surface area contributed by atoms with Gasteiger partial charge < -0.3 is 14.2 Å². The second-order valence-electron chi connectivity index (χ2n) is 3.60. The van der Waals surface area contributed by atoms with Crippen LogP contribution in [0, 0.1) is 0 Å². The zero-order valence-corrected chi connectivity index (χ0v) is 11.0. The summed E-state index contributed by atoms with van der Waals surface area (Å²) in [7, 11) is 3.04. The first kappa shape index (κ1) is 14.6. The standard InChI is InChI=1S/C11H20N4O3/c1-4-5-18-7-8(15-12)10-11(17-3)14-9(16-2)6-13-10/h6,8,15H,4-5,7,12H2,1-3H3. The predicted octanol–water partition coefficient (Wildman–Crippen LogP) is 0.425. The van der Waals surface area contributed by atoms with Crippen molar-refractivity contribution in [3.63, 3.8) is 0 Å². The van der Waals surface area contributed by atoms with E-state index in [2.05, 4.69) is 15.4 Å². The first-order valence-corrected chi connectivity index (χ1v) is 5.75. The molecule has 0 saturated heterocycles. The summed E-state index contributed by atoms with van der Waals surface area (Å²) >= 11 is 0. The lowest BCUT2D eigenvalue weighted by molar-refractivity contribution is 0.109. The van der Waals surface area contributed by atoms with E-state index >= 15 is 0 Å². The van der Waals surface area contributed by atoms with Crippen molar-refractivity contribution >= 4 is 0 Å². The zero-order valence-electron chi connectivity index (χ0n) is 11.0. The molecule has 1 rings (SSSR count). The van der Waals surface area contributed by atoms with E-state index in [9.17, 15) is 0 Å². The molecule has 7 heteroatoms. The normalized spacial score (nSPS) is 12.2. The third kappa shape index (κ3) is 3.80. The summed E-state index contributed by atoms with van der Waals surface area (Å²) in [5.74, 6) is 6.26. The molecular formula is C11H20N4O3. The summed E-state index contributed by atoms with van der Waals surface area (Å²) in [5.41, 5.74) is 3.24. The fourth-order valence-corrected chi connectivity index (χ4v) is 1.41. The summed E-state index contributed by atoms with van der Waals surface area (Å²) in [4.78, 5) is 8.38. The van der Waals surface area contributed by atoms with E-state index in [1.807, 2.05) is 6.92 Å². The lowest BCUT2D eigenvalue weighted by Crippen LogP contribution is -2.32. The Balaban J connectivity index is 2.83. The fraction of sp³-hybridized carbons (Fsp3) is 0.636. The van der Waals surface area contributed by atoms with Gasteiger partial charge >= 0.3 is 0 Å². The lowest BCUT2D eigenvalue weighted by Gasteiger charge is -2.17. The van der Waals surface area contributed by atoms with Crippen LogP contribution in [0.15, 0.2) is 6.20 Å². The summed E-state index contributed by atoms with van der Waals surface area (Å²) in [6.07, 6.45) is 2.46. The van der Waals surface area contributed by atoms with E-state index in [-0.39, 0.29) is 6.04 Å². The molecule has 1 heterocycles. The topological polar surface area (TPSA) is 91.5 Å². The van der Waals surface area contributed by atoms with Gasteiger partial charge in [-0.1, -0.05) is 6.92 Å². The van der Waals surface area contributed by atoms with Crippen LogP contribution in [0.4, 0.5) is 0 Å². The molecule has 1 aromatic heterocycles. The van der Waals surface area contributed by atoms with Crippen LogP contribution in [0.3, 0.4) is 0 Å². The molecule has 0 spiro atoms. The van der Waals surface area contributed by atoms with E-state index in [0.717, 1.165) is 6.42 Å². The van der Waals surface area contributed by atoms with Crippen molar-refractivity contribution < 1.29 is 14.2 Å². The molecule has 1 unspecified atom stereocenters. The highest BCUT2D eigenvalue weighted by Crippen LogP contribution is 2.22. The van der Waals surface area contributed by atoms with Crippen LogP contribution in [0.1, 0.15) is 25.1 Å². The van der Waals surface area contributed by atoms with Gasteiger partial charge in [-0.2, -0.15) is 4.98 Å². The van der Waals surface area contributed by atoms with Crippen LogP contribution in [-0.2, 0) is 4.74 Å². The van der Waals surface area contributed by atoms with Crippen LogP contribution in [0.2, 0.25) is 0 Å². The molecular weight excluding hydrogens is 236 g/mol. The molecule has 1 atom stereocenters. The van der Waals surface area contributed by atoms with Gasteiger partial charge in [0.25, 0.3) is 0 Å². The molecule has 0 aliphatic heterocycles. The molecule has 0 radical (unpaired) electrons. The molecule has 3 N–H and O–H groups in total. The van der Waals surface area contributed by atoms with Gasteiger partial charge in [0, 0.05) is 6.61 Å². The van der Waals surface area contributed by atoms with Crippen LogP contribution in [-0.4, -0.2) is 37.4 Å². The number of hydrogen-bond donors (Lipinski definition) is 2. The van der Waals surface area contributed by atoms with E-state index in [1.54, 1.807) is 0 Å². The number of hydrogen-bond acceptors (Lipinski definition) is 7. The largest absolute Gasteiger partial charge is 0.480 e. The van der Waals surface area contributed by atoms with Crippen molar-refractivity contribution in [1.29, 1.82) is 0 Å². The van der Waals surface area contributed by atoms with Gasteiger partial charge in [-0.25, -0.2) is 10.4 Å². The number of nitrogens with zero attached hydrogens (tertiary/aromatic N) is 2. The number of methoxy groups -OCH3 is 2. The van der Waals surface area contributed by atoms with Crippen LogP contribution >= 0.6 is 0 Å². The molecule has 0 fully saturated rings. The Morgan fingerprint density at radius 3 is 2.72 bits per heavy atom. The highest BCUT2D eigenvalue weighted by Gasteiger charge is 2.18. The van der Waals surface area contributed by atoms with E-state index in [0.29, 0.717) is 30.7 Å². The Morgan fingerprint density at radius 2 is 2.17 bits per heavy atom. The smallest absolute Gasteiger partial charge is 0.240 e. The molecule has 102 valence electrons. The summed E-state index contributed by atoms with van der Waals surface area (Å²) in [6, 6.07) is -0.273. The third-order valence-corrected chi connectivity index (χ3v) is 2.31. The Hall–Kier alpha value is -1.44. The van der Waals surface area contributed by atoms with Crippen molar-refractivity contribution in [2.45, 2.75) is 19.4 Å². The van der Waals surface area contributed by atoms with E-state index < -0.39 is 0 Å². The average Bonchev–Trinajstić information content (AvgIpc) is 2.43. The van der Waals surface area contributed by atoms with Crippen molar-refractivity contribution in [1.82, 2.24) is 15.4 Å². The van der Waals surface area contributed by atoms with Gasteiger partial charge in [-0.05, 0) is 6.42 Å². The lowest BCUT2D eigenvalue weighted by atomic mass is 10.2. The Kier molecular flexibility index (Phi) is 6.34. The molecule has 0 aromatic carbocycles. The van der Waals surface area contributed by atoms with Gasteiger partial charge in [0.2, 0.25) is 11.8 Å². The number of hydrazine groups is 1. The van der Waals surface area contributed by atoms with Gasteiger partial charge in [0.1, 0.15) is 5.69 Å². The van der Waals surface area contributed by atoms with Crippen LogP contribution < -0.4 is 20.7 Å². The summed E-state index contributed by atoms with van der Waals surface area (Å²) < 4.78 is 15.6. The van der Waals surface area contributed by atoms with Gasteiger partial charge in [-0.15, -0.1) is 0 Å². The van der Waals surface area contributed by atoms with Crippen LogP contribution in [0.25, 0.3) is 0 Å². The van der Waals surface area contributed by atoms with Gasteiger partial charge in [0.15, 0.2) is 0 Å². The molecule has 0 aliphatic rings. The monoisotopic (exact) mass is 256 g/mol. The molecule has 0 bridgehead atoms. The Morgan fingerprint density at radius 1 is 1.39 bits per heavy atom. The SMILES string of the molecule is CCCOCC(NN)c1ncc(OC)nc1OC. The molecule has 1 aromatic rings. The second-order valence-corrected chi connectivity index (χ2v) is 3.60. The summed E-state index contributed by atoms with van der Waals surface area (Å²) in [5, 5.41) is 0. The number of aromatic nitrogens is 2. The first-order valence-electron chi connectivity index (χ1n) is 5.75. The zero-order chi connectivity index (χ0) is 13.4. The summed E-state index contributed by atoms with van der Waals surface area (Å²) in [6.45, 7) is 3.12. The quantitative estimate of drug-likeness (QED) is 0.396.